The second-order valence-corrected chi connectivity index (χ2v) is 7.60. The van der Waals surface area contributed by atoms with Gasteiger partial charge in [0.15, 0.2) is 11.5 Å². The molecule has 8 heteroatoms. The van der Waals surface area contributed by atoms with E-state index < -0.39 is 11.9 Å². The zero-order valence-corrected chi connectivity index (χ0v) is 19.5. The minimum Gasteiger partial charge on any atom is -0.494 e. The van der Waals surface area contributed by atoms with Crippen LogP contribution in [0.1, 0.15) is 32.3 Å². The summed E-state index contributed by atoms with van der Waals surface area (Å²) in [6.07, 6.45) is 0.697. The normalized spacial score (nSPS) is 15.5. The fourth-order valence-electron chi connectivity index (χ4n) is 3.95. The van der Waals surface area contributed by atoms with Gasteiger partial charge >= 0.3 is 0 Å². The summed E-state index contributed by atoms with van der Waals surface area (Å²) in [5.74, 6) is 0.877. The number of ether oxygens (including phenoxy) is 3. The number of imide groups is 1. The Bertz CT molecular complexity index is 1020. The average Bonchev–Trinajstić information content (AvgIpc) is 3.12. The number of methoxy groups -OCH3 is 2. The molecule has 1 fully saturated rings. The van der Waals surface area contributed by atoms with Gasteiger partial charge < -0.3 is 19.1 Å². The van der Waals surface area contributed by atoms with Crippen molar-refractivity contribution in [2.45, 2.75) is 39.2 Å². The van der Waals surface area contributed by atoms with Gasteiger partial charge in [0.05, 0.1) is 32.9 Å². The minimum atomic E-state index is -0.833. The number of rotatable bonds is 10. The highest BCUT2D eigenvalue weighted by Crippen LogP contribution is 2.30. The van der Waals surface area contributed by atoms with Gasteiger partial charge in [0, 0.05) is 19.0 Å². The monoisotopic (exact) mass is 454 g/mol. The van der Waals surface area contributed by atoms with Crippen LogP contribution in [-0.2, 0) is 20.8 Å². The Morgan fingerprint density at radius 2 is 1.82 bits per heavy atom. The summed E-state index contributed by atoms with van der Waals surface area (Å²) < 4.78 is 16.1. The fourth-order valence-corrected chi connectivity index (χ4v) is 3.95. The van der Waals surface area contributed by atoms with E-state index >= 15 is 0 Å². The lowest BCUT2D eigenvalue weighted by Crippen LogP contribution is -2.46. The van der Waals surface area contributed by atoms with Crippen molar-refractivity contribution >= 4 is 23.4 Å². The van der Waals surface area contributed by atoms with Crippen molar-refractivity contribution in [3.8, 4) is 17.2 Å². The maximum atomic E-state index is 13.3. The quantitative estimate of drug-likeness (QED) is 0.513. The molecule has 176 valence electrons. The lowest BCUT2D eigenvalue weighted by atomic mass is 10.1. The smallest absolute Gasteiger partial charge is 0.257 e. The predicted molar refractivity (Wildman–Crippen MR) is 124 cm³/mol. The van der Waals surface area contributed by atoms with Crippen LogP contribution < -0.4 is 19.1 Å². The van der Waals surface area contributed by atoms with Crippen LogP contribution in [0.3, 0.4) is 0 Å². The van der Waals surface area contributed by atoms with Crippen molar-refractivity contribution in [1.82, 2.24) is 4.90 Å². The first-order chi connectivity index (χ1) is 15.9. The van der Waals surface area contributed by atoms with Gasteiger partial charge in [-0.25, -0.2) is 4.90 Å². The van der Waals surface area contributed by atoms with Crippen LogP contribution in [0, 0.1) is 0 Å². The molecule has 0 aromatic heterocycles. The molecule has 0 aliphatic carbocycles. The van der Waals surface area contributed by atoms with Crippen molar-refractivity contribution in [3.63, 3.8) is 0 Å². The van der Waals surface area contributed by atoms with Crippen molar-refractivity contribution in [3.05, 3.63) is 48.0 Å². The Balaban J connectivity index is 1.80. The van der Waals surface area contributed by atoms with Crippen LogP contribution >= 0.6 is 0 Å². The Morgan fingerprint density at radius 1 is 1.06 bits per heavy atom. The van der Waals surface area contributed by atoms with Gasteiger partial charge in [0.1, 0.15) is 11.8 Å². The summed E-state index contributed by atoms with van der Waals surface area (Å²) in [5, 5.41) is 0. The van der Waals surface area contributed by atoms with Crippen LogP contribution in [-0.4, -0.2) is 56.0 Å². The molecule has 33 heavy (non-hydrogen) atoms. The van der Waals surface area contributed by atoms with Gasteiger partial charge in [-0.05, 0) is 43.2 Å². The molecular formula is C25H30N2O6. The Labute approximate surface area is 194 Å². The molecule has 1 heterocycles. The van der Waals surface area contributed by atoms with Gasteiger partial charge in [0.2, 0.25) is 11.8 Å². The van der Waals surface area contributed by atoms with Gasteiger partial charge in [-0.15, -0.1) is 0 Å². The molecule has 3 amide bonds. The first-order valence-corrected chi connectivity index (χ1v) is 11.0. The molecule has 1 aliphatic rings. The Hall–Kier alpha value is -3.55. The largest absolute Gasteiger partial charge is 0.494 e. The average molecular weight is 455 g/mol. The summed E-state index contributed by atoms with van der Waals surface area (Å²) in [6, 6.07) is 11.6. The van der Waals surface area contributed by atoms with Crippen LogP contribution in [0.4, 0.5) is 5.69 Å². The summed E-state index contributed by atoms with van der Waals surface area (Å²) in [6.45, 7) is 4.39. The molecule has 2 aromatic carbocycles. The number of hydrogen-bond acceptors (Lipinski definition) is 6. The molecule has 8 nitrogen and oxygen atoms in total. The number of nitrogens with zero attached hydrogens (tertiary/aromatic N) is 2. The summed E-state index contributed by atoms with van der Waals surface area (Å²) in [5.41, 5.74) is 1.38. The highest BCUT2D eigenvalue weighted by Gasteiger charge is 2.44. The van der Waals surface area contributed by atoms with Gasteiger partial charge in [-0.3, -0.25) is 14.4 Å². The maximum Gasteiger partial charge on any atom is 0.257 e. The van der Waals surface area contributed by atoms with E-state index in [9.17, 15) is 14.4 Å². The number of amides is 3. The van der Waals surface area contributed by atoms with Crippen molar-refractivity contribution < 1.29 is 28.6 Å². The van der Waals surface area contributed by atoms with Crippen molar-refractivity contribution in [2.75, 3.05) is 32.3 Å². The number of carbonyl (C=O) groups is 3. The molecular weight excluding hydrogens is 424 g/mol. The van der Waals surface area contributed by atoms with Gasteiger partial charge in [-0.1, -0.05) is 19.1 Å². The number of carbonyl (C=O) groups excluding carboxylic acids is 3. The molecule has 3 rings (SSSR count). The van der Waals surface area contributed by atoms with Crippen molar-refractivity contribution in [2.24, 2.45) is 0 Å². The van der Waals surface area contributed by atoms with Gasteiger partial charge in [0.25, 0.3) is 5.91 Å². The lowest BCUT2D eigenvalue weighted by Gasteiger charge is -2.27. The van der Waals surface area contributed by atoms with Crippen molar-refractivity contribution in [1.29, 1.82) is 0 Å². The lowest BCUT2D eigenvalue weighted by molar-refractivity contribution is -0.138. The molecule has 0 radical (unpaired) electrons. The third-order valence-corrected chi connectivity index (χ3v) is 5.60. The van der Waals surface area contributed by atoms with E-state index in [0.29, 0.717) is 42.5 Å². The summed E-state index contributed by atoms with van der Waals surface area (Å²) in [7, 11) is 3.13. The van der Waals surface area contributed by atoms with E-state index in [1.54, 1.807) is 51.5 Å². The highest BCUT2D eigenvalue weighted by atomic mass is 16.5. The van der Waals surface area contributed by atoms with Crippen LogP contribution in [0.5, 0.6) is 17.2 Å². The van der Waals surface area contributed by atoms with Gasteiger partial charge in [-0.2, -0.15) is 0 Å². The topological polar surface area (TPSA) is 85.4 Å². The van der Waals surface area contributed by atoms with E-state index in [0.717, 1.165) is 10.5 Å². The van der Waals surface area contributed by atoms with Crippen LogP contribution in [0.25, 0.3) is 0 Å². The highest BCUT2D eigenvalue weighted by molar-refractivity contribution is 6.23. The third-order valence-electron chi connectivity index (χ3n) is 5.60. The zero-order chi connectivity index (χ0) is 24.0. The molecule has 0 saturated carbocycles. The number of benzene rings is 2. The minimum absolute atomic E-state index is 0.0463. The second-order valence-electron chi connectivity index (χ2n) is 7.60. The molecule has 1 saturated heterocycles. The molecule has 1 aliphatic heterocycles. The third kappa shape index (κ3) is 5.27. The Morgan fingerprint density at radius 3 is 2.48 bits per heavy atom. The molecule has 0 bridgehead atoms. The number of anilines is 1. The molecule has 0 spiro atoms. The molecule has 1 atom stereocenters. The van der Waals surface area contributed by atoms with E-state index in [-0.39, 0.29) is 24.7 Å². The first-order valence-electron chi connectivity index (χ1n) is 11.0. The predicted octanol–water partition coefficient (Wildman–Crippen LogP) is 3.22. The molecule has 0 N–H and O–H groups in total. The Kier molecular flexibility index (Phi) is 7.92. The first kappa shape index (κ1) is 24.1. The van der Waals surface area contributed by atoms with Crippen LogP contribution in [0.15, 0.2) is 42.5 Å². The summed E-state index contributed by atoms with van der Waals surface area (Å²) >= 11 is 0. The van der Waals surface area contributed by atoms with E-state index in [4.69, 9.17) is 14.2 Å². The van der Waals surface area contributed by atoms with E-state index in [1.807, 2.05) is 19.1 Å². The fraction of sp³-hybridized carbons (Fsp3) is 0.400. The zero-order valence-electron chi connectivity index (χ0n) is 19.5. The maximum absolute atomic E-state index is 13.3. The van der Waals surface area contributed by atoms with E-state index in [2.05, 4.69) is 0 Å². The summed E-state index contributed by atoms with van der Waals surface area (Å²) in [4.78, 5) is 41.5. The molecule has 0 unspecified atom stereocenters. The second kappa shape index (κ2) is 10.8. The molecule has 2 aromatic rings. The van der Waals surface area contributed by atoms with Crippen LogP contribution in [0.2, 0.25) is 0 Å². The SMILES string of the molecule is CCOc1cccc(N2C(=O)C[C@H](N(CCc3ccc(OC)c(OC)c3)C(=O)CC)C2=O)c1. The number of hydrogen-bond donors (Lipinski definition) is 0. The standard InChI is InChI=1S/C25H30N2O6/c1-5-23(28)26(13-12-17-10-11-21(31-3)22(14-17)32-4)20-16-24(29)27(25(20)30)18-8-7-9-19(15-18)33-6-2/h7-11,14-15,20H,5-6,12-13,16H2,1-4H3/t20-/m0/s1. The van der Waals surface area contributed by atoms with E-state index in [1.165, 1.54) is 4.90 Å².